The number of benzene rings is 1. The van der Waals surface area contributed by atoms with Gasteiger partial charge in [0.25, 0.3) is 10.0 Å². The van der Waals surface area contributed by atoms with E-state index in [1.165, 1.54) is 16.8 Å². The van der Waals surface area contributed by atoms with Crippen molar-refractivity contribution in [2.24, 2.45) is 13.0 Å². The lowest BCUT2D eigenvalue weighted by Crippen LogP contribution is -2.36. The second kappa shape index (κ2) is 10.6. The van der Waals surface area contributed by atoms with E-state index in [1.54, 1.807) is 43.0 Å². The zero-order chi connectivity index (χ0) is 23.1. The van der Waals surface area contributed by atoms with Crippen molar-refractivity contribution >= 4 is 27.5 Å². The number of hydrogen-bond donors (Lipinski definition) is 2. The maximum atomic E-state index is 13.0. The van der Waals surface area contributed by atoms with E-state index in [0.717, 1.165) is 0 Å². The molecule has 1 unspecified atom stereocenters. The molecule has 32 heavy (non-hydrogen) atoms. The van der Waals surface area contributed by atoms with Crippen LogP contribution in [0.3, 0.4) is 0 Å². The van der Waals surface area contributed by atoms with Crippen molar-refractivity contribution < 1.29 is 22.7 Å². The number of ether oxygens (including phenoxy) is 1. The van der Waals surface area contributed by atoms with E-state index in [9.17, 15) is 18.0 Å². The number of imidazole rings is 1. The van der Waals surface area contributed by atoms with E-state index in [0.29, 0.717) is 37.2 Å². The van der Waals surface area contributed by atoms with E-state index >= 15 is 0 Å². The summed E-state index contributed by atoms with van der Waals surface area (Å²) < 4.78 is 34.0. The van der Waals surface area contributed by atoms with E-state index in [-0.39, 0.29) is 42.3 Å². The van der Waals surface area contributed by atoms with Gasteiger partial charge in [0.1, 0.15) is 5.75 Å². The second-order valence-electron chi connectivity index (χ2n) is 7.73. The van der Waals surface area contributed by atoms with E-state index in [4.69, 9.17) is 4.74 Å². The molecule has 1 aliphatic heterocycles. The molecule has 1 aromatic heterocycles. The zero-order valence-corrected chi connectivity index (χ0v) is 19.1. The van der Waals surface area contributed by atoms with Gasteiger partial charge < -0.3 is 19.9 Å². The standard InChI is InChI=1S/C21H29N5O5S/c1-25-14-20(23-15-25)32(29,30)26-11-4-5-16(8-10-22-19(27)9-12-26)21(28)24-17-6-3-7-18(13-17)31-2/h3,6-7,13-16H,4-5,8-12H2,1-2H3,(H,22,27)(H,24,28). The van der Waals surface area contributed by atoms with Gasteiger partial charge in [0.2, 0.25) is 11.8 Å². The predicted molar refractivity (Wildman–Crippen MR) is 119 cm³/mol. The molecule has 11 heteroatoms. The van der Waals surface area contributed by atoms with Gasteiger partial charge in [-0.3, -0.25) is 9.59 Å². The number of nitrogens with one attached hydrogen (secondary N) is 2. The van der Waals surface area contributed by atoms with Crippen molar-refractivity contribution in [1.82, 2.24) is 19.2 Å². The van der Waals surface area contributed by atoms with Crippen LogP contribution in [0.15, 0.2) is 41.8 Å². The van der Waals surface area contributed by atoms with E-state index < -0.39 is 10.0 Å². The first-order valence-electron chi connectivity index (χ1n) is 10.5. The SMILES string of the molecule is COc1cccc(NC(=O)C2CCCN(S(=O)(=O)c3cn(C)cn3)CCC(=O)NCC2)c1. The summed E-state index contributed by atoms with van der Waals surface area (Å²) in [4.78, 5) is 29.0. The third-order valence-corrected chi connectivity index (χ3v) is 7.14. The number of aryl methyl sites for hydroxylation is 1. The molecule has 2 heterocycles. The van der Waals surface area contributed by atoms with Crippen molar-refractivity contribution in [2.75, 3.05) is 32.1 Å². The maximum absolute atomic E-state index is 13.0. The third kappa shape index (κ3) is 6.07. The van der Waals surface area contributed by atoms with Crippen LogP contribution in [0, 0.1) is 5.92 Å². The summed E-state index contributed by atoms with van der Waals surface area (Å²) >= 11 is 0. The highest BCUT2D eigenvalue weighted by Crippen LogP contribution is 2.21. The van der Waals surface area contributed by atoms with Crippen LogP contribution in [0.4, 0.5) is 5.69 Å². The molecule has 1 atom stereocenters. The topological polar surface area (TPSA) is 123 Å². The molecule has 2 N–H and O–H groups in total. The van der Waals surface area contributed by atoms with E-state index in [2.05, 4.69) is 15.6 Å². The molecule has 0 bridgehead atoms. The number of carbonyl (C=O) groups is 2. The largest absolute Gasteiger partial charge is 0.497 e. The lowest BCUT2D eigenvalue weighted by molar-refractivity contribution is -0.122. The molecule has 1 fully saturated rings. The first kappa shape index (κ1) is 23.7. The number of sulfonamides is 1. The third-order valence-electron chi connectivity index (χ3n) is 5.36. The molecule has 0 saturated carbocycles. The Morgan fingerprint density at radius 2 is 2.09 bits per heavy atom. The lowest BCUT2D eigenvalue weighted by Gasteiger charge is -2.21. The number of aromatic nitrogens is 2. The van der Waals surface area contributed by atoms with Crippen LogP contribution in [0.25, 0.3) is 0 Å². The fourth-order valence-corrected chi connectivity index (χ4v) is 5.02. The Kier molecular flexibility index (Phi) is 7.86. The first-order valence-corrected chi connectivity index (χ1v) is 11.9. The Balaban J connectivity index is 1.71. The second-order valence-corrected chi connectivity index (χ2v) is 9.62. The van der Waals surface area contributed by atoms with Crippen LogP contribution in [0.5, 0.6) is 5.75 Å². The molecule has 2 amide bonds. The molecule has 1 saturated heterocycles. The number of carbonyl (C=O) groups excluding carboxylic acids is 2. The molecular weight excluding hydrogens is 434 g/mol. The van der Waals surface area contributed by atoms with Crippen LogP contribution in [0.2, 0.25) is 0 Å². The Morgan fingerprint density at radius 3 is 2.81 bits per heavy atom. The van der Waals surface area contributed by atoms with Crippen molar-refractivity contribution in [3.05, 3.63) is 36.8 Å². The highest BCUT2D eigenvalue weighted by Gasteiger charge is 2.28. The molecule has 0 spiro atoms. The molecule has 0 radical (unpaired) electrons. The summed E-state index contributed by atoms with van der Waals surface area (Å²) in [6.07, 6.45) is 4.34. The lowest BCUT2D eigenvalue weighted by atomic mass is 9.98. The molecule has 1 aromatic carbocycles. The monoisotopic (exact) mass is 463 g/mol. The van der Waals surface area contributed by atoms with Gasteiger partial charge in [-0.15, -0.1) is 0 Å². The van der Waals surface area contributed by atoms with E-state index in [1.807, 2.05) is 0 Å². The molecule has 174 valence electrons. The van der Waals surface area contributed by atoms with Crippen molar-refractivity contribution in [1.29, 1.82) is 0 Å². The fourth-order valence-electron chi connectivity index (χ4n) is 3.57. The van der Waals surface area contributed by atoms with Gasteiger partial charge in [0.05, 0.1) is 13.4 Å². The van der Waals surface area contributed by atoms with Gasteiger partial charge in [-0.1, -0.05) is 6.07 Å². The van der Waals surface area contributed by atoms with Crippen LogP contribution >= 0.6 is 0 Å². The predicted octanol–water partition coefficient (Wildman–Crippen LogP) is 1.36. The molecule has 2 aromatic rings. The molecule has 1 aliphatic rings. The van der Waals surface area contributed by atoms with Crippen LogP contribution in [-0.2, 0) is 26.7 Å². The number of amides is 2. The number of nitrogens with zero attached hydrogens (tertiary/aromatic N) is 3. The minimum Gasteiger partial charge on any atom is -0.497 e. The van der Waals surface area contributed by atoms with Gasteiger partial charge in [-0.2, -0.15) is 4.31 Å². The average molecular weight is 464 g/mol. The van der Waals surface area contributed by atoms with Crippen LogP contribution in [0.1, 0.15) is 25.7 Å². The highest BCUT2D eigenvalue weighted by atomic mass is 32.2. The minimum absolute atomic E-state index is 0.0483. The van der Waals surface area contributed by atoms with Crippen molar-refractivity contribution in [3.63, 3.8) is 0 Å². The van der Waals surface area contributed by atoms with Gasteiger partial charge in [-0.05, 0) is 31.4 Å². The smallest absolute Gasteiger partial charge is 0.262 e. The summed E-state index contributed by atoms with van der Waals surface area (Å²) in [5, 5.41) is 5.62. The Bertz CT molecular complexity index is 1050. The Labute approximate surface area is 188 Å². The van der Waals surface area contributed by atoms with Crippen LogP contribution < -0.4 is 15.4 Å². The summed E-state index contributed by atoms with van der Waals surface area (Å²) in [6, 6.07) is 7.07. The Morgan fingerprint density at radius 1 is 1.28 bits per heavy atom. The minimum atomic E-state index is -3.83. The number of hydrogen-bond acceptors (Lipinski definition) is 6. The normalized spacial score (nSPS) is 18.9. The van der Waals surface area contributed by atoms with Gasteiger partial charge in [-0.25, -0.2) is 13.4 Å². The first-order chi connectivity index (χ1) is 15.3. The molecule has 3 rings (SSSR count). The molecular formula is C21H29N5O5S. The average Bonchev–Trinajstić information content (AvgIpc) is 3.19. The highest BCUT2D eigenvalue weighted by molar-refractivity contribution is 7.89. The fraction of sp³-hybridized carbons (Fsp3) is 0.476. The summed E-state index contributed by atoms with van der Waals surface area (Å²) in [5.41, 5.74) is 0.618. The van der Waals surface area contributed by atoms with Gasteiger partial charge in [0, 0.05) is 57.0 Å². The van der Waals surface area contributed by atoms with Crippen LogP contribution in [-0.4, -0.2) is 60.8 Å². The van der Waals surface area contributed by atoms with Crippen molar-refractivity contribution in [2.45, 2.75) is 30.7 Å². The molecule has 10 nitrogen and oxygen atoms in total. The summed E-state index contributed by atoms with van der Waals surface area (Å²) in [7, 11) is -0.585. The number of anilines is 1. The Hall–Kier alpha value is -2.92. The summed E-state index contributed by atoms with van der Waals surface area (Å²) in [6.45, 7) is 0.614. The summed E-state index contributed by atoms with van der Waals surface area (Å²) in [5.74, 6) is -0.169. The number of rotatable bonds is 5. The van der Waals surface area contributed by atoms with Crippen molar-refractivity contribution in [3.8, 4) is 5.75 Å². The zero-order valence-electron chi connectivity index (χ0n) is 18.3. The maximum Gasteiger partial charge on any atom is 0.262 e. The number of methoxy groups -OCH3 is 1. The van der Waals surface area contributed by atoms with Gasteiger partial charge >= 0.3 is 0 Å². The quantitative estimate of drug-likeness (QED) is 0.690. The van der Waals surface area contributed by atoms with Gasteiger partial charge in [0.15, 0.2) is 5.03 Å². The molecule has 0 aliphatic carbocycles.